The number of aromatic nitrogens is 2. The van der Waals surface area contributed by atoms with Crippen LogP contribution in [-0.4, -0.2) is 21.3 Å². The third-order valence-corrected chi connectivity index (χ3v) is 4.73. The number of hydrogen-bond acceptors (Lipinski definition) is 2. The van der Waals surface area contributed by atoms with Crippen LogP contribution < -0.4 is 0 Å². The van der Waals surface area contributed by atoms with Gasteiger partial charge in [-0.1, -0.05) is 48.6 Å². The zero-order chi connectivity index (χ0) is 18.2. The van der Waals surface area contributed by atoms with Crippen molar-refractivity contribution >= 4 is 17.1 Å². The fourth-order valence-corrected chi connectivity index (χ4v) is 3.39. The number of rotatable bonds is 9. The van der Waals surface area contributed by atoms with Crippen molar-refractivity contribution in [2.24, 2.45) is 0 Å². The Morgan fingerprint density at radius 1 is 1.00 bits per heavy atom. The maximum atomic E-state index is 9.02. The van der Waals surface area contributed by atoms with Crippen LogP contribution in [0.3, 0.4) is 0 Å². The SMILES string of the molecule is C/C=C/c1ccc2c(c1)nc(CCc1ccccc1)n2CCCCCO. The quantitative estimate of drug-likeness (QED) is 0.552. The van der Waals surface area contributed by atoms with Crippen LogP contribution in [0.4, 0.5) is 0 Å². The Bertz CT molecular complexity index is 849. The van der Waals surface area contributed by atoms with Crippen LogP contribution in [0.5, 0.6) is 0 Å². The molecule has 0 spiro atoms. The molecule has 3 rings (SSSR count). The summed E-state index contributed by atoms with van der Waals surface area (Å²) < 4.78 is 2.37. The topological polar surface area (TPSA) is 38.0 Å². The molecule has 136 valence electrons. The van der Waals surface area contributed by atoms with Crippen molar-refractivity contribution in [1.29, 1.82) is 0 Å². The van der Waals surface area contributed by atoms with Crippen LogP contribution in [-0.2, 0) is 19.4 Å². The van der Waals surface area contributed by atoms with Crippen LogP contribution in [0.2, 0.25) is 0 Å². The van der Waals surface area contributed by atoms with Gasteiger partial charge in [0.05, 0.1) is 11.0 Å². The van der Waals surface area contributed by atoms with Crippen LogP contribution in [0, 0.1) is 0 Å². The van der Waals surface area contributed by atoms with Crippen molar-refractivity contribution < 1.29 is 5.11 Å². The van der Waals surface area contributed by atoms with Crippen LogP contribution in [0.15, 0.2) is 54.6 Å². The summed E-state index contributed by atoms with van der Waals surface area (Å²) in [5.74, 6) is 1.16. The molecule has 0 fully saturated rings. The van der Waals surface area contributed by atoms with Crippen molar-refractivity contribution in [1.82, 2.24) is 9.55 Å². The molecule has 0 saturated carbocycles. The molecule has 3 aromatic rings. The average molecular weight is 348 g/mol. The van der Waals surface area contributed by atoms with Gasteiger partial charge < -0.3 is 9.67 Å². The molecule has 0 aliphatic heterocycles. The maximum absolute atomic E-state index is 9.02. The molecule has 0 aliphatic carbocycles. The Labute approximate surface area is 156 Å². The number of imidazole rings is 1. The van der Waals surface area contributed by atoms with E-state index in [1.807, 2.05) is 6.92 Å². The third-order valence-electron chi connectivity index (χ3n) is 4.73. The van der Waals surface area contributed by atoms with Crippen molar-refractivity contribution in [3.8, 4) is 0 Å². The summed E-state index contributed by atoms with van der Waals surface area (Å²) in [4.78, 5) is 4.95. The minimum atomic E-state index is 0.276. The van der Waals surface area contributed by atoms with Crippen LogP contribution in [0.1, 0.15) is 43.1 Å². The van der Waals surface area contributed by atoms with E-state index < -0.39 is 0 Å². The number of unbranched alkanes of at least 4 members (excludes halogenated alkanes) is 2. The summed E-state index contributed by atoms with van der Waals surface area (Å²) in [6, 6.07) is 17.1. The van der Waals surface area contributed by atoms with E-state index in [1.54, 1.807) is 0 Å². The zero-order valence-corrected chi connectivity index (χ0v) is 15.6. The first-order valence-electron chi connectivity index (χ1n) is 9.58. The highest BCUT2D eigenvalue weighted by atomic mass is 16.2. The lowest BCUT2D eigenvalue weighted by Gasteiger charge is -2.09. The first kappa shape index (κ1) is 18.4. The van der Waals surface area contributed by atoms with E-state index in [0.29, 0.717) is 0 Å². The van der Waals surface area contributed by atoms with E-state index >= 15 is 0 Å². The fourth-order valence-electron chi connectivity index (χ4n) is 3.39. The first-order chi connectivity index (χ1) is 12.8. The van der Waals surface area contributed by atoms with Gasteiger partial charge in [-0.3, -0.25) is 0 Å². The lowest BCUT2D eigenvalue weighted by Crippen LogP contribution is -2.06. The van der Waals surface area contributed by atoms with Gasteiger partial charge in [0.25, 0.3) is 0 Å². The number of aliphatic hydroxyl groups is 1. The highest BCUT2D eigenvalue weighted by Gasteiger charge is 2.11. The minimum Gasteiger partial charge on any atom is -0.396 e. The Kier molecular flexibility index (Phi) is 6.62. The number of allylic oxidation sites excluding steroid dienone is 1. The molecule has 2 aromatic carbocycles. The van der Waals surface area contributed by atoms with Gasteiger partial charge in [0.1, 0.15) is 5.82 Å². The van der Waals surface area contributed by atoms with E-state index in [2.05, 4.69) is 65.3 Å². The molecule has 1 N–H and O–H groups in total. The lowest BCUT2D eigenvalue weighted by molar-refractivity contribution is 0.282. The molecule has 0 bridgehead atoms. The van der Waals surface area contributed by atoms with Gasteiger partial charge in [-0.15, -0.1) is 0 Å². The number of nitrogens with zero attached hydrogens (tertiary/aromatic N) is 2. The van der Waals surface area contributed by atoms with E-state index in [4.69, 9.17) is 10.1 Å². The van der Waals surface area contributed by atoms with Gasteiger partial charge >= 0.3 is 0 Å². The second-order valence-corrected chi connectivity index (χ2v) is 6.70. The molecule has 0 saturated heterocycles. The second kappa shape index (κ2) is 9.35. The molecular formula is C23H28N2O. The Morgan fingerprint density at radius 2 is 1.85 bits per heavy atom. The number of hydrogen-bond donors (Lipinski definition) is 1. The zero-order valence-electron chi connectivity index (χ0n) is 15.6. The number of aryl methyl sites for hydroxylation is 3. The van der Waals surface area contributed by atoms with Gasteiger partial charge in [-0.2, -0.15) is 0 Å². The second-order valence-electron chi connectivity index (χ2n) is 6.70. The van der Waals surface area contributed by atoms with E-state index in [-0.39, 0.29) is 6.61 Å². The molecule has 1 heterocycles. The molecule has 0 amide bonds. The smallest absolute Gasteiger partial charge is 0.110 e. The number of benzene rings is 2. The standard InChI is InChI=1S/C23H28N2O/c1-2-9-20-12-14-22-21(18-20)24-23(25(22)16-7-4-8-17-26)15-13-19-10-5-3-6-11-19/h2-3,5-6,9-12,14,18,26H,4,7-8,13,15-17H2,1H3/b9-2+. The van der Waals surface area contributed by atoms with Gasteiger partial charge in [-0.05, 0) is 55.9 Å². The van der Waals surface area contributed by atoms with E-state index in [1.165, 1.54) is 16.6 Å². The van der Waals surface area contributed by atoms with Crippen molar-refractivity contribution in [3.63, 3.8) is 0 Å². The van der Waals surface area contributed by atoms with Gasteiger partial charge in [0.2, 0.25) is 0 Å². The molecule has 0 unspecified atom stereocenters. The van der Waals surface area contributed by atoms with Crippen LogP contribution >= 0.6 is 0 Å². The molecule has 1 aromatic heterocycles. The Balaban J connectivity index is 1.85. The normalized spacial score (nSPS) is 11.6. The molecule has 3 heteroatoms. The number of aliphatic hydroxyl groups excluding tert-OH is 1. The molecule has 0 aliphatic rings. The predicted molar refractivity (Wildman–Crippen MR) is 109 cm³/mol. The summed E-state index contributed by atoms with van der Waals surface area (Å²) in [6.45, 7) is 3.27. The monoisotopic (exact) mass is 348 g/mol. The summed E-state index contributed by atoms with van der Waals surface area (Å²) in [5, 5.41) is 9.02. The average Bonchev–Trinajstić information content (AvgIpc) is 3.01. The molecule has 3 nitrogen and oxygen atoms in total. The summed E-state index contributed by atoms with van der Waals surface area (Å²) >= 11 is 0. The lowest BCUT2D eigenvalue weighted by atomic mass is 10.1. The molecule has 0 radical (unpaired) electrons. The van der Waals surface area contributed by atoms with E-state index in [0.717, 1.165) is 50.0 Å². The summed E-state index contributed by atoms with van der Waals surface area (Å²) in [5.41, 5.74) is 4.83. The van der Waals surface area contributed by atoms with E-state index in [9.17, 15) is 0 Å². The van der Waals surface area contributed by atoms with Crippen molar-refractivity contribution in [2.45, 2.75) is 45.6 Å². The Morgan fingerprint density at radius 3 is 2.62 bits per heavy atom. The highest BCUT2D eigenvalue weighted by molar-refractivity contribution is 5.79. The predicted octanol–water partition coefficient (Wildman–Crippen LogP) is 5.02. The Hall–Kier alpha value is -2.39. The van der Waals surface area contributed by atoms with Crippen molar-refractivity contribution in [2.75, 3.05) is 6.61 Å². The first-order valence-corrected chi connectivity index (χ1v) is 9.58. The maximum Gasteiger partial charge on any atom is 0.110 e. The third kappa shape index (κ3) is 4.61. The minimum absolute atomic E-state index is 0.276. The van der Waals surface area contributed by atoms with Gasteiger partial charge in [0.15, 0.2) is 0 Å². The fraction of sp³-hybridized carbons (Fsp3) is 0.348. The number of fused-ring (bicyclic) bond motifs is 1. The largest absolute Gasteiger partial charge is 0.396 e. The van der Waals surface area contributed by atoms with Gasteiger partial charge in [0, 0.05) is 19.6 Å². The summed E-state index contributed by atoms with van der Waals surface area (Å²) in [7, 11) is 0. The van der Waals surface area contributed by atoms with Crippen LogP contribution in [0.25, 0.3) is 17.1 Å². The molecular weight excluding hydrogens is 320 g/mol. The summed E-state index contributed by atoms with van der Waals surface area (Å²) in [6.07, 6.45) is 9.11. The van der Waals surface area contributed by atoms with Gasteiger partial charge in [-0.25, -0.2) is 4.98 Å². The highest BCUT2D eigenvalue weighted by Crippen LogP contribution is 2.21. The molecule has 0 atom stereocenters. The van der Waals surface area contributed by atoms with Crippen molar-refractivity contribution in [3.05, 3.63) is 71.6 Å². The molecule has 26 heavy (non-hydrogen) atoms.